The molecule has 0 aliphatic carbocycles. The van der Waals surface area contributed by atoms with Crippen LogP contribution in [-0.4, -0.2) is 74.5 Å². The summed E-state index contributed by atoms with van der Waals surface area (Å²) in [7, 11) is -26.4. The summed E-state index contributed by atoms with van der Waals surface area (Å²) in [5, 5.41) is -22.3. The number of alkyl halides is 6. The molecule has 0 rings (SSSR count). The van der Waals surface area contributed by atoms with E-state index in [4.69, 9.17) is 0 Å². The fourth-order valence-electron chi connectivity index (χ4n) is 1.57. The topological polar surface area (TPSA) is 102 Å². The Balaban J connectivity index is 0. The maximum absolute atomic E-state index is 13.6. The van der Waals surface area contributed by atoms with E-state index in [0.29, 0.717) is 0 Å². The first-order valence-electron chi connectivity index (χ1n) is 6.65. The third-order valence-corrected chi connectivity index (χ3v) is 11.9. The molecule has 0 radical (unpaired) electrons. The molecule has 0 heterocycles. The molecular weight excluding hydrogens is 620 g/mol. The van der Waals surface area contributed by atoms with Gasteiger partial charge >= 0.3 is 63.6 Å². The van der Waals surface area contributed by atoms with Crippen LogP contribution >= 0.6 is 0 Å². The Bertz CT molecular complexity index is 1100. The monoisotopic (exact) mass is 622 g/mol. The van der Waals surface area contributed by atoms with Crippen LogP contribution in [-0.2, 0) is 29.5 Å². The fourth-order valence-corrected chi connectivity index (χ4v) is 9.45. The minimum atomic E-state index is -8.80. The molecule has 25 heteroatoms. The molecule has 202 valence electrons. The third-order valence-electron chi connectivity index (χ3n) is 3.10. The summed E-state index contributed by atoms with van der Waals surface area (Å²) in [6.45, 7) is 0. The van der Waals surface area contributed by atoms with E-state index >= 15 is 0 Å². The van der Waals surface area contributed by atoms with Crippen molar-refractivity contribution in [3.05, 3.63) is 35.7 Å². The van der Waals surface area contributed by atoms with Gasteiger partial charge in [-0.1, -0.05) is 0 Å². The Morgan fingerprint density at radius 3 is 0.686 bits per heavy atom. The van der Waals surface area contributed by atoms with Crippen molar-refractivity contribution in [2.24, 2.45) is 0 Å². The molecule has 0 N–H and O–H groups in total. The second kappa shape index (κ2) is 10.8. The first-order chi connectivity index (χ1) is 14.7. The van der Waals surface area contributed by atoms with Gasteiger partial charge in [-0.3, -0.25) is 0 Å². The second-order valence-electron chi connectivity index (χ2n) is 5.20. The zero-order valence-electron chi connectivity index (χ0n) is 14.4. The Labute approximate surface area is 205 Å². The molecule has 0 aliphatic rings. The van der Waals surface area contributed by atoms with E-state index in [0.717, 1.165) is 0 Å². The van der Waals surface area contributed by atoms with E-state index in [1.807, 2.05) is 0 Å². The zero-order valence-corrected chi connectivity index (χ0v) is 16.9. The standard InChI is InChI=1S/C10HF15O6S3.Na.H/c11-1(4(14)15)8(20,21)32(26,27)7(33(28,29)9(22,23)2(12)5(16)17)34(30,31)10(24,25)3(13)6(18)19;;/h7H;;. The van der Waals surface area contributed by atoms with E-state index in [9.17, 15) is 91.1 Å². The van der Waals surface area contributed by atoms with E-state index in [1.165, 1.54) is 0 Å². The van der Waals surface area contributed by atoms with E-state index in [2.05, 4.69) is 0 Å². The number of rotatable bonds is 9. The van der Waals surface area contributed by atoms with Crippen molar-refractivity contribution in [2.75, 3.05) is 0 Å². The van der Waals surface area contributed by atoms with Crippen molar-refractivity contribution in [3.8, 4) is 0 Å². The van der Waals surface area contributed by atoms with Gasteiger partial charge in [0.25, 0.3) is 33.4 Å². The fraction of sp³-hybridized carbons (Fsp3) is 0.400. The van der Waals surface area contributed by atoms with Gasteiger partial charge in [0.15, 0.2) is 0 Å². The average molecular weight is 622 g/mol. The first kappa shape index (κ1) is 36.2. The Hall–Kier alpha value is -0.980. The normalized spacial score (nSPS) is 13.7. The van der Waals surface area contributed by atoms with Crippen molar-refractivity contribution in [2.45, 2.75) is 19.7 Å². The van der Waals surface area contributed by atoms with Gasteiger partial charge in [-0.2, -0.15) is 65.9 Å². The minimum absolute atomic E-state index is 0. The number of halogens is 15. The van der Waals surface area contributed by atoms with E-state index in [-0.39, 0.29) is 29.6 Å². The molecule has 0 saturated heterocycles. The molecule has 0 atom stereocenters. The van der Waals surface area contributed by atoms with Crippen LogP contribution in [0.25, 0.3) is 0 Å². The van der Waals surface area contributed by atoms with Crippen molar-refractivity contribution in [1.82, 2.24) is 0 Å². The van der Waals surface area contributed by atoms with Crippen LogP contribution in [0.4, 0.5) is 65.9 Å². The third kappa shape index (κ3) is 5.80. The van der Waals surface area contributed by atoms with Gasteiger partial charge in [0.05, 0.1) is 0 Å². The van der Waals surface area contributed by atoms with Crippen molar-refractivity contribution < 1.29 is 91.1 Å². The summed E-state index contributed by atoms with van der Waals surface area (Å²) in [6, 6.07) is 0. The summed E-state index contributed by atoms with van der Waals surface area (Å²) in [4.78, 5) is 0. The molecular formula is C10H2F15NaO6S3. The van der Waals surface area contributed by atoms with Gasteiger partial charge in [0, 0.05) is 0 Å². The van der Waals surface area contributed by atoms with E-state index in [1.54, 1.807) is 0 Å². The molecule has 0 amide bonds. The SMILES string of the molecule is O=S(=O)(C(S(=O)(=O)C(F)(F)C(F)=C(F)F)S(=O)(=O)C(F)(F)C(F)=C(F)F)C(F)(F)C(F)=C(F)F.[NaH]. The van der Waals surface area contributed by atoms with Crippen molar-refractivity contribution >= 4 is 59.1 Å². The van der Waals surface area contributed by atoms with Crippen molar-refractivity contribution in [3.63, 3.8) is 0 Å². The van der Waals surface area contributed by atoms with Crippen LogP contribution in [0, 0.1) is 0 Å². The van der Waals surface area contributed by atoms with Gasteiger partial charge in [-0.15, -0.1) is 0 Å². The zero-order chi connectivity index (χ0) is 28.0. The molecule has 0 unspecified atom stereocenters. The van der Waals surface area contributed by atoms with E-state index < -0.39 is 84.9 Å². The Kier molecular flexibility index (Phi) is 11.2. The maximum atomic E-state index is 13.6. The molecule has 35 heavy (non-hydrogen) atoms. The van der Waals surface area contributed by atoms with Gasteiger partial charge in [-0.25, -0.2) is 25.3 Å². The van der Waals surface area contributed by atoms with Crippen LogP contribution in [0.1, 0.15) is 0 Å². The number of sulfone groups is 3. The van der Waals surface area contributed by atoms with Crippen LogP contribution in [0.2, 0.25) is 0 Å². The van der Waals surface area contributed by atoms with Gasteiger partial charge in [0.1, 0.15) is 0 Å². The first-order valence-corrected chi connectivity index (χ1v) is 11.3. The molecule has 0 saturated carbocycles. The van der Waals surface area contributed by atoms with Crippen LogP contribution in [0.5, 0.6) is 0 Å². The molecule has 0 aromatic rings. The molecule has 0 aromatic heterocycles. The molecule has 0 aliphatic heterocycles. The molecule has 0 bridgehead atoms. The molecule has 0 fully saturated rings. The Morgan fingerprint density at radius 2 is 0.571 bits per heavy atom. The average Bonchev–Trinajstić information content (AvgIpc) is 2.64. The summed E-state index contributed by atoms with van der Waals surface area (Å²) < 4.78 is 256. The molecule has 6 nitrogen and oxygen atoms in total. The number of hydrogen-bond acceptors (Lipinski definition) is 6. The van der Waals surface area contributed by atoms with Crippen molar-refractivity contribution in [1.29, 1.82) is 0 Å². The molecule has 0 spiro atoms. The second-order valence-corrected chi connectivity index (χ2v) is 12.3. The summed E-state index contributed by atoms with van der Waals surface area (Å²) in [6.07, 6.45) is -13.5. The predicted molar refractivity (Wildman–Crippen MR) is 83.6 cm³/mol. The predicted octanol–water partition coefficient (Wildman–Crippen LogP) is 3.88. The molecule has 0 aromatic carbocycles. The summed E-state index contributed by atoms with van der Waals surface area (Å²) >= 11 is 0. The van der Waals surface area contributed by atoms with Crippen LogP contribution in [0.15, 0.2) is 35.7 Å². The Morgan fingerprint density at radius 1 is 0.429 bits per heavy atom. The van der Waals surface area contributed by atoms with Crippen LogP contribution < -0.4 is 0 Å². The number of hydrogen-bond donors (Lipinski definition) is 0. The van der Waals surface area contributed by atoms with Crippen LogP contribution in [0.3, 0.4) is 0 Å². The summed E-state index contributed by atoms with van der Waals surface area (Å²) in [5.41, 5.74) is 0. The van der Waals surface area contributed by atoms with Gasteiger partial charge in [0.2, 0.25) is 17.5 Å². The quantitative estimate of drug-likeness (QED) is 0.286. The van der Waals surface area contributed by atoms with Gasteiger partial charge < -0.3 is 0 Å². The summed E-state index contributed by atoms with van der Waals surface area (Å²) in [5.74, 6) is -14.2. The van der Waals surface area contributed by atoms with Gasteiger partial charge in [-0.05, 0) is 0 Å².